The molecule has 0 aliphatic rings. The van der Waals surface area contributed by atoms with Crippen molar-refractivity contribution in [3.8, 4) is 0 Å². The van der Waals surface area contributed by atoms with Gasteiger partial charge in [-0.15, -0.1) is 11.8 Å². The predicted molar refractivity (Wildman–Crippen MR) is 440 cm³/mol. The minimum absolute atomic E-state index is 0. The van der Waals surface area contributed by atoms with Gasteiger partial charge in [0.15, 0.2) is 24.4 Å². The maximum Gasteiger partial charge on any atom is 1.00 e. The van der Waals surface area contributed by atoms with Crippen molar-refractivity contribution >= 4 is 117 Å². The maximum absolute atomic E-state index is 11.7. The molecule has 0 aromatic heterocycles. The molecule has 0 radical (unpaired) electrons. The number of ether oxygens (including phenoxy) is 1. The number of nitro benzene ring substituents is 4. The van der Waals surface area contributed by atoms with E-state index in [1.165, 1.54) is 79.7 Å². The molecule has 33 nitrogen and oxygen atoms in total. The number of hydrogen-bond acceptors (Lipinski definition) is 27. The second-order valence-corrected chi connectivity index (χ2v) is 39.1. The molecule has 1 atom stereocenters. The van der Waals surface area contributed by atoms with E-state index >= 15 is 0 Å². The zero-order chi connectivity index (χ0) is 91.6. The summed E-state index contributed by atoms with van der Waals surface area (Å²) >= 11 is 6.54. The molecule has 6 aromatic rings. The van der Waals surface area contributed by atoms with Gasteiger partial charge in [0.25, 0.3) is 22.7 Å². The summed E-state index contributed by atoms with van der Waals surface area (Å²) in [6.07, 6.45) is 0. The summed E-state index contributed by atoms with van der Waals surface area (Å²) in [6, 6.07) is 32.4. The van der Waals surface area contributed by atoms with E-state index in [1.807, 2.05) is 100 Å². The molecule has 120 heavy (non-hydrogen) atoms. The number of anilines is 1. The number of benzene rings is 6. The van der Waals surface area contributed by atoms with Crippen molar-refractivity contribution < 1.29 is 214 Å². The fraction of sp³-hybridized carbons (Fsp3) is 0.468. The first-order chi connectivity index (χ1) is 53.2. The summed E-state index contributed by atoms with van der Waals surface area (Å²) in [6.45, 7) is 41.0. The molecule has 648 valence electrons. The monoisotopic (exact) mass is 1820 g/mol. The number of alkyl halides is 1. The largest absolute Gasteiger partial charge is 1.00 e. The molecule has 0 bridgehead atoms. The van der Waals surface area contributed by atoms with Gasteiger partial charge in [0.05, 0.1) is 75.8 Å². The van der Waals surface area contributed by atoms with Crippen molar-refractivity contribution in [1.29, 1.82) is 0 Å². The van der Waals surface area contributed by atoms with Crippen molar-refractivity contribution in [2.45, 2.75) is 208 Å². The van der Waals surface area contributed by atoms with Crippen molar-refractivity contribution in [3.05, 3.63) is 216 Å². The van der Waals surface area contributed by atoms with Crippen molar-refractivity contribution in [3.63, 3.8) is 0 Å². The number of sulfone groups is 3. The number of carboxylic acids is 4. The van der Waals surface area contributed by atoms with Gasteiger partial charge in [0.2, 0.25) is 22.3 Å². The zero-order valence-corrected chi connectivity index (χ0v) is 83.7. The Bertz CT molecular complexity index is 4590. The molecule has 41 heteroatoms. The van der Waals surface area contributed by atoms with E-state index in [-0.39, 0.29) is 202 Å². The van der Waals surface area contributed by atoms with Crippen LogP contribution in [0.25, 0.3) is 0 Å². The summed E-state index contributed by atoms with van der Waals surface area (Å²) in [5, 5.41) is 95.4. The predicted octanol–water partition coefficient (Wildman–Crippen LogP) is 4.34. The van der Waals surface area contributed by atoms with Gasteiger partial charge in [-0.3, -0.25) is 65.0 Å². The second-order valence-electron chi connectivity index (χ2n) is 31.1. The first kappa shape index (κ1) is 122. The average molecular weight is 1820 g/mol. The molecule has 6 aromatic carbocycles. The number of halogens is 1. The van der Waals surface area contributed by atoms with Crippen LogP contribution in [0.1, 0.15) is 213 Å². The molecule has 2 N–H and O–H groups in total. The molecule has 0 fully saturated rings. The van der Waals surface area contributed by atoms with Crippen molar-refractivity contribution in [2.24, 2.45) is 16.2 Å². The van der Waals surface area contributed by atoms with Gasteiger partial charge in [-0.25, -0.2) is 25.3 Å². The van der Waals surface area contributed by atoms with Crippen LogP contribution in [0.2, 0.25) is 0 Å². The van der Waals surface area contributed by atoms with Crippen LogP contribution in [0.3, 0.4) is 0 Å². The number of carbonyl (C=O) groups is 6. The molecule has 0 aliphatic heterocycles. The second kappa shape index (κ2) is 56.2. The molecule has 0 spiro atoms. The Morgan fingerprint density at radius 1 is 0.492 bits per heavy atom. The number of nitro groups is 5. The Kier molecular flexibility index (Phi) is 57.0. The van der Waals surface area contributed by atoms with E-state index in [1.54, 1.807) is 69.3 Å². The van der Waals surface area contributed by atoms with Crippen LogP contribution in [0.4, 0.5) is 28.4 Å². The number of amides is 1. The van der Waals surface area contributed by atoms with Gasteiger partial charge in [-0.05, 0) is 146 Å². The fourth-order valence-corrected chi connectivity index (χ4v) is 12.2. The van der Waals surface area contributed by atoms with Crippen LogP contribution < -0.4 is 131 Å². The van der Waals surface area contributed by atoms with Crippen LogP contribution in [-0.2, 0) is 69.6 Å². The van der Waals surface area contributed by atoms with Gasteiger partial charge < -0.3 is 44.9 Å². The number of thioether (sulfide) groups is 1. The minimum Gasteiger partial charge on any atom is -0.549 e. The number of hydrogen-bond donors (Lipinski definition) is 2. The minimum atomic E-state index is -4.08. The van der Waals surface area contributed by atoms with Crippen molar-refractivity contribution in [1.82, 2.24) is 0 Å². The van der Waals surface area contributed by atoms with E-state index in [2.05, 4.69) is 46.9 Å². The Labute approximate surface area is 798 Å². The molecule has 1 amide bonds. The Balaban J connectivity index is -0.000000423. The Morgan fingerprint density at radius 2 is 0.808 bits per heavy atom. The van der Waals surface area contributed by atoms with E-state index in [4.69, 9.17) is 21.4 Å². The van der Waals surface area contributed by atoms with E-state index in [9.17, 15) is 120 Å². The third kappa shape index (κ3) is 49.5. The number of nitrogens with zero attached hydrogens (tertiary/aromatic N) is 5. The topological polar surface area (TPSA) is 531 Å². The summed E-state index contributed by atoms with van der Waals surface area (Å²) in [5.74, 6) is -7.94. The molecule has 0 aliphatic carbocycles. The smallest absolute Gasteiger partial charge is 0.549 e. The average Bonchev–Trinajstić information content (AvgIpc) is 0.820. The summed E-state index contributed by atoms with van der Waals surface area (Å²) in [4.78, 5) is 116. The van der Waals surface area contributed by atoms with E-state index in [0.717, 1.165) is 27.3 Å². The molecule has 1 unspecified atom stereocenters. The van der Waals surface area contributed by atoms with Crippen LogP contribution in [0.5, 0.6) is 0 Å². The van der Waals surface area contributed by atoms with Crippen LogP contribution >= 0.6 is 23.4 Å². The first-order valence-corrected chi connectivity index (χ1v) is 42.3. The van der Waals surface area contributed by atoms with Crippen LogP contribution in [-0.4, -0.2) is 125 Å². The van der Waals surface area contributed by atoms with Crippen molar-refractivity contribution in [2.75, 3.05) is 34.9 Å². The maximum atomic E-state index is 11.7. The van der Waals surface area contributed by atoms with Crippen LogP contribution in [0, 0.1) is 80.7 Å². The molecule has 0 saturated heterocycles. The zero-order valence-electron chi connectivity index (χ0n) is 72.6. The van der Waals surface area contributed by atoms with E-state index < -0.39 is 112 Å². The number of carboxylic acid groups (broad SMARTS) is 4. The number of carbonyl (C=O) groups excluding carboxylic acids is 5. The first-order valence-electron chi connectivity index (χ1n) is 35.8. The summed E-state index contributed by atoms with van der Waals surface area (Å²) in [7, 11) is -11.6. The molecule has 0 heterocycles. The van der Waals surface area contributed by atoms with Gasteiger partial charge in [0.1, 0.15) is 17.7 Å². The summed E-state index contributed by atoms with van der Waals surface area (Å²) in [5.41, 5.74) is 4.62. The summed E-state index contributed by atoms with van der Waals surface area (Å²) < 4.78 is 71.2. The normalized spacial score (nSPS) is 11.2. The number of rotatable bonds is 26. The molecular formula is C79H106ClKN6Na2O27S4. The Morgan fingerprint density at radius 3 is 1.07 bits per heavy atom. The molecule has 0 saturated carbocycles. The van der Waals surface area contributed by atoms with Gasteiger partial charge in [0, 0.05) is 50.8 Å². The van der Waals surface area contributed by atoms with Gasteiger partial charge in [-0.1, -0.05) is 178 Å². The number of nitrogens with one attached hydrogen (secondary N) is 1. The van der Waals surface area contributed by atoms with Gasteiger partial charge >= 0.3 is 122 Å². The van der Waals surface area contributed by atoms with Crippen LogP contribution in [0.15, 0.2) is 136 Å². The molecular weight excluding hydrogens is 1710 g/mol. The van der Waals surface area contributed by atoms with E-state index in [0.29, 0.717) is 28.4 Å². The number of esters is 1. The SMILES string of the molecule is CC(C)(C)C.CC(C)(C)C(=O)Nc1ccc(SCC(=O)O)cc1.CC(C)(C)C(=O)OCCS(=O)(=O)CC(=O)[O-].CC(C)c1ccc(C[N+](=O)[O-])cc1.CC(C)c1ccc(S(=O)(=O)C(Cl)C(=O)[O-])cc1.CC(C)c1ccc(S(=O)(=O)CC(=O)[O-])cc1.Cc1c([N+](=O)[O-])cc(C(C)C)cc1[N+](=O)[O-].Cc1c([N+](=O)[O-])cc(C(C)C)cc1[N+](=O)[O-].[K+].[Na+].[Na+]. The standard InChI is InChI=1S/C13H17NO3S.C11H13ClO4S.C11H14O4S.2C10H12N2O4.C10H13NO2.C9H16O6S.C5H12.K.2Na/c1-13(2,3)12(17)14-9-4-6-10(7-5-9)18-8-11(15)16;1-7(2)8-3-5-9(6-4-8)17(15,16)10(12)11(13)14;1-8(2)9-3-5-10(6-4-9)16(14,15)7-11(12)13;2*1-6(2)8-4-9(11(13)14)7(3)10(5-8)12(15)16;1-8(2)10-5-3-9(4-6-10)7-11(12)13;1-9(2,3)8(12)15-4-5-16(13,14)6-7(10)11;1-5(2,3)4;;;/h4-7H,8H2,1-3H3,(H,14,17)(H,15,16);3-7,10H,1-2H3,(H,13,14);3-6,8H,7H2,1-2H3,(H,12,13);2*4-6H,1-3H3;3-6,8H,7H2,1-2H3;4-6H2,1-3H3,(H,10,11);1-4H3;;;/q;;;;;;;;3*+1/p-3. The third-order valence-corrected chi connectivity index (χ3v) is 21.7. The third-order valence-electron chi connectivity index (χ3n) is 15.1. The Hall–Kier alpha value is -6.73. The quantitative estimate of drug-likeness (QED) is 0.0190. The van der Waals surface area contributed by atoms with Gasteiger partial charge in [-0.2, -0.15) is 0 Å². The fourth-order valence-electron chi connectivity index (χ4n) is 8.41. The molecule has 6 rings (SSSR count). The number of aliphatic carboxylic acids is 4.